The molecule has 0 fully saturated rings. The number of terminal acetylenes is 1. The van der Waals surface area contributed by atoms with Crippen LogP contribution in [0.1, 0.15) is 18.1 Å². The van der Waals surface area contributed by atoms with Gasteiger partial charge in [-0.2, -0.15) is 4.72 Å². The third-order valence-electron chi connectivity index (χ3n) is 3.72. The molecule has 136 valence electrons. The van der Waals surface area contributed by atoms with Gasteiger partial charge in [0.1, 0.15) is 6.04 Å². The maximum Gasteiger partial charge on any atom is 0.325 e. The fourth-order valence-corrected chi connectivity index (χ4v) is 3.47. The van der Waals surface area contributed by atoms with Crippen molar-refractivity contribution in [3.05, 3.63) is 65.7 Å². The summed E-state index contributed by atoms with van der Waals surface area (Å²) in [6.07, 6.45) is 4.65. The highest BCUT2D eigenvalue weighted by atomic mass is 32.2. The first-order chi connectivity index (χ1) is 12.3. The summed E-state index contributed by atoms with van der Waals surface area (Å²) in [6, 6.07) is 14.4. The first-order valence-electron chi connectivity index (χ1n) is 8.11. The highest BCUT2D eigenvalue weighted by Gasteiger charge is 2.28. The number of hydrogen-bond donors (Lipinski definition) is 1. The lowest BCUT2D eigenvalue weighted by Crippen LogP contribution is -2.44. The van der Waals surface area contributed by atoms with Gasteiger partial charge in [-0.25, -0.2) is 8.42 Å². The number of ether oxygens (including phenoxy) is 1. The predicted octanol–water partition coefficient (Wildman–Crippen LogP) is 2.45. The minimum atomic E-state index is -3.89. The van der Waals surface area contributed by atoms with Gasteiger partial charge in [0.05, 0.1) is 4.90 Å². The summed E-state index contributed by atoms with van der Waals surface area (Å²) in [5, 5.41) is 0. The average Bonchev–Trinajstić information content (AvgIpc) is 2.62. The van der Waals surface area contributed by atoms with Crippen LogP contribution in [0.3, 0.4) is 0 Å². The molecule has 0 heterocycles. The third-order valence-corrected chi connectivity index (χ3v) is 5.21. The molecule has 26 heavy (non-hydrogen) atoms. The van der Waals surface area contributed by atoms with E-state index in [1.165, 1.54) is 12.1 Å². The number of carbonyl (C=O) groups is 1. The van der Waals surface area contributed by atoms with Crippen molar-refractivity contribution < 1.29 is 17.9 Å². The van der Waals surface area contributed by atoms with Crippen molar-refractivity contribution in [3.8, 4) is 12.3 Å². The van der Waals surface area contributed by atoms with Crippen LogP contribution in [-0.4, -0.2) is 26.5 Å². The molecule has 0 aliphatic heterocycles. The van der Waals surface area contributed by atoms with Crippen LogP contribution in [0, 0.1) is 19.3 Å². The lowest BCUT2D eigenvalue weighted by molar-refractivity contribution is -0.147. The second kappa shape index (κ2) is 8.65. The van der Waals surface area contributed by atoms with Crippen molar-refractivity contribution in [1.82, 2.24) is 4.72 Å². The Morgan fingerprint density at radius 3 is 2.35 bits per heavy atom. The molecule has 0 saturated carbocycles. The molecule has 0 aromatic heterocycles. The van der Waals surface area contributed by atoms with E-state index in [9.17, 15) is 13.2 Å². The molecule has 0 spiro atoms. The van der Waals surface area contributed by atoms with Crippen molar-refractivity contribution in [3.63, 3.8) is 0 Å². The van der Waals surface area contributed by atoms with Gasteiger partial charge in [-0.1, -0.05) is 53.9 Å². The van der Waals surface area contributed by atoms with E-state index in [2.05, 4.69) is 10.6 Å². The Morgan fingerprint density at radius 1 is 1.15 bits per heavy atom. The molecule has 0 aliphatic rings. The highest BCUT2D eigenvalue weighted by Crippen LogP contribution is 2.13. The third kappa shape index (κ3) is 5.45. The van der Waals surface area contributed by atoms with E-state index in [0.29, 0.717) is 0 Å². The molecule has 0 aliphatic carbocycles. The molecule has 0 bridgehead atoms. The van der Waals surface area contributed by atoms with E-state index >= 15 is 0 Å². The van der Waals surface area contributed by atoms with Gasteiger partial charge in [0.15, 0.2) is 6.10 Å². The SMILES string of the molecule is C#C[C@H](C)OC(=O)[C@H](Cc1ccccc1)NS(=O)(=O)c1ccc(C)cc1. The first-order valence-corrected chi connectivity index (χ1v) is 9.59. The Labute approximate surface area is 154 Å². The van der Waals surface area contributed by atoms with Crippen molar-refractivity contribution in [2.24, 2.45) is 0 Å². The Morgan fingerprint density at radius 2 is 1.77 bits per heavy atom. The molecule has 2 aromatic rings. The fourth-order valence-electron chi connectivity index (χ4n) is 2.29. The minimum Gasteiger partial charge on any atom is -0.448 e. The number of aryl methyl sites for hydroxylation is 1. The molecular formula is C20H21NO4S. The van der Waals surface area contributed by atoms with Crippen LogP contribution >= 0.6 is 0 Å². The summed E-state index contributed by atoms with van der Waals surface area (Å²) in [5.74, 6) is 1.58. The van der Waals surface area contributed by atoms with Gasteiger partial charge in [-0.3, -0.25) is 4.79 Å². The molecule has 0 unspecified atom stereocenters. The maximum absolute atomic E-state index is 12.6. The normalized spacial score (nSPS) is 13.4. The van der Waals surface area contributed by atoms with E-state index in [4.69, 9.17) is 11.2 Å². The molecule has 1 N–H and O–H groups in total. The smallest absolute Gasteiger partial charge is 0.325 e. The highest BCUT2D eigenvalue weighted by molar-refractivity contribution is 7.89. The molecule has 2 rings (SSSR count). The number of carbonyl (C=O) groups excluding carboxylic acids is 1. The number of sulfonamides is 1. The van der Waals surface area contributed by atoms with Crippen LogP contribution in [0.15, 0.2) is 59.5 Å². The average molecular weight is 371 g/mol. The number of hydrogen-bond acceptors (Lipinski definition) is 4. The van der Waals surface area contributed by atoms with Gasteiger partial charge in [0.2, 0.25) is 10.0 Å². The monoisotopic (exact) mass is 371 g/mol. The van der Waals surface area contributed by atoms with Crippen molar-refractivity contribution >= 4 is 16.0 Å². The molecule has 6 heteroatoms. The van der Waals surface area contributed by atoms with Crippen molar-refractivity contribution in [2.45, 2.75) is 37.3 Å². The van der Waals surface area contributed by atoms with Crippen LogP contribution in [0.4, 0.5) is 0 Å². The molecule has 0 amide bonds. The van der Waals surface area contributed by atoms with Crippen LogP contribution in [0.5, 0.6) is 0 Å². The summed E-state index contributed by atoms with van der Waals surface area (Å²) < 4.78 is 32.9. The predicted molar refractivity (Wildman–Crippen MR) is 99.8 cm³/mol. The quantitative estimate of drug-likeness (QED) is 0.599. The first kappa shape index (κ1) is 19.7. The molecule has 2 aromatic carbocycles. The molecule has 5 nitrogen and oxygen atoms in total. The molecule has 0 radical (unpaired) electrons. The molecular weight excluding hydrogens is 350 g/mol. The van der Waals surface area contributed by atoms with Crippen LogP contribution in [-0.2, 0) is 26.0 Å². The summed E-state index contributed by atoms with van der Waals surface area (Å²) in [7, 11) is -3.89. The van der Waals surface area contributed by atoms with Crippen LogP contribution in [0.25, 0.3) is 0 Å². The zero-order valence-corrected chi connectivity index (χ0v) is 15.5. The zero-order valence-electron chi connectivity index (χ0n) is 14.7. The van der Waals surface area contributed by atoms with E-state index in [-0.39, 0.29) is 11.3 Å². The number of rotatable bonds is 7. The lowest BCUT2D eigenvalue weighted by atomic mass is 10.1. The second-order valence-electron chi connectivity index (χ2n) is 5.92. The van der Waals surface area contributed by atoms with Gasteiger partial charge in [-0.15, -0.1) is 6.42 Å². The second-order valence-corrected chi connectivity index (χ2v) is 7.64. The minimum absolute atomic E-state index is 0.0824. The summed E-state index contributed by atoms with van der Waals surface area (Å²) in [5.41, 5.74) is 1.74. The lowest BCUT2D eigenvalue weighted by Gasteiger charge is -2.19. The number of esters is 1. The Kier molecular flexibility index (Phi) is 6.56. The van der Waals surface area contributed by atoms with Gasteiger partial charge in [0.25, 0.3) is 0 Å². The zero-order chi connectivity index (χ0) is 19.2. The van der Waals surface area contributed by atoms with E-state index < -0.39 is 28.1 Å². The fraction of sp³-hybridized carbons (Fsp3) is 0.250. The largest absolute Gasteiger partial charge is 0.448 e. The van der Waals surface area contributed by atoms with Crippen LogP contribution < -0.4 is 4.72 Å². The Balaban J connectivity index is 2.26. The van der Waals surface area contributed by atoms with Gasteiger partial charge >= 0.3 is 5.97 Å². The van der Waals surface area contributed by atoms with Gasteiger partial charge in [0, 0.05) is 0 Å². The number of nitrogens with one attached hydrogen (secondary N) is 1. The Hall–Kier alpha value is -2.62. The summed E-state index contributed by atoms with van der Waals surface area (Å²) >= 11 is 0. The summed E-state index contributed by atoms with van der Waals surface area (Å²) in [4.78, 5) is 12.5. The van der Waals surface area contributed by atoms with E-state index in [1.807, 2.05) is 37.3 Å². The summed E-state index contributed by atoms with van der Waals surface area (Å²) in [6.45, 7) is 3.41. The topological polar surface area (TPSA) is 72.5 Å². The van der Waals surface area contributed by atoms with Gasteiger partial charge < -0.3 is 4.74 Å². The standard InChI is InChI=1S/C20H21NO4S/c1-4-16(3)25-20(22)19(14-17-8-6-5-7-9-17)21-26(23,24)18-12-10-15(2)11-13-18/h1,5-13,16,19,21H,14H2,2-3H3/t16-,19-/m0/s1. The van der Waals surface area contributed by atoms with Gasteiger partial charge in [-0.05, 0) is 38.0 Å². The maximum atomic E-state index is 12.6. The Bertz CT molecular complexity index is 884. The molecule has 0 saturated heterocycles. The van der Waals surface area contributed by atoms with Crippen molar-refractivity contribution in [2.75, 3.05) is 0 Å². The molecule has 2 atom stereocenters. The van der Waals surface area contributed by atoms with E-state index in [0.717, 1.165) is 11.1 Å². The van der Waals surface area contributed by atoms with Crippen LogP contribution in [0.2, 0.25) is 0 Å². The number of benzene rings is 2. The van der Waals surface area contributed by atoms with E-state index in [1.54, 1.807) is 19.1 Å². The van der Waals surface area contributed by atoms with Crippen molar-refractivity contribution in [1.29, 1.82) is 0 Å².